The largest absolute Gasteiger partial charge is 0.496 e. The normalized spacial score (nSPS) is 10.5. The summed E-state index contributed by atoms with van der Waals surface area (Å²) in [5.74, 6) is -0.0671. The fourth-order valence-corrected chi connectivity index (χ4v) is 1.22. The van der Waals surface area contributed by atoms with Crippen LogP contribution in [0.4, 0.5) is 8.78 Å². The van der Waals surface area contributed by atoms with Crippen LogP contribution in [0.25, 0.3) is 0 Å². The molecule has 82 valence electrons. The second-order valence-corrected chi connectivity index (χ2v) is 2.73. The lowest BCUT2D eigenvalue weighted by Gasteiger charge is -2.11. The fourth-order valence-electron chi connectivity index (χ4n) is 1.22. The van der Waals surface area contributed by atoms with Crippen LogP contribution in [0.5, 0.6) is 5.75 Å². The summed E-state index contributed by atoms with van der Waals surface area (Å²) >= 11 is 0. The molecule has 0 aliphatic carbocycles. The van der Waals surface area contributed by atoms with Gasteiger partial charge in [-0.15, -0.1) is 0 Å². The summed E-state index contributed by atoms with van der Waals surface area (Å²) in [5, 5.41) is 0. The lowest BCUT2D eigenvalue weighted by Crippen LogP contribution is -2.09. The molecule has 1 aromatic rings. The molecule has 0 aromatic carbocycles. The predicted molar refractivity (Wildman–Crippen MR) is 49.0 cm³/mol. The predicted octanol–water partition coefficient (Wildman–Crippen LogP) is 1.30. The molecule has 1 heterocycles. The van der Waals surface area contributed by atoms with Gasteiger partial charge in [0.05, 0.1) is 18.4 Å². The van der Waals surface area contributed by atoms with Gasteiger partial charge in [0.1, 0.15) is 11.4 Å². The van der Waals surface area contributed by atoms with E-state index < -0.39 is 6.43 Å². The van der Waals surface area contributed by atoms with Gasteiger partial charge < -0.3 is 10.5 Å². The maximum Gasteiger partial charge on any atom is 0.269 e. The molecular weight excluding hydrogens is 206 g/mol. The van der Waals surface area contributed by atoms with Crippen molar-refractivity contribution in [3.63, 3.8) is 0 Å². The maximum atomic E-state index is 12.6. The molecule has 15 heavy (non-hydrogen) atoms. The molecule has 4 nitrogen and oxygen atoms in total. The van der Waals surface area contributed by atoms with Crippen LogP contribution < -0.4 is 10.5 Å². The van der Waals surface area contributed by atoms with E-state index in [1.54, 1.807) is 0 Å². The van der Waals surface area contributed by atoms with Crippen molar-refractivity contribution in [1.82, 2.24) is 4.98 Å². The van der Waals surface area contributed by atoms with E-state index in [4.69, 9.17) is 10.5 Å². The molecule has 0 bridgehead atoms. The molecule has 0 saturated heterocycles. The highest BCUT2D eigenvalue weighted by Crippen LogP contribution is 2.31. The lowest BCUT2D eigenvalue weighted by atomic mass is 10.1. The van der Waals surface area contributed by atoms with Crippen LogP contribution in [0.2, 0.25) is 0 Å². The summed E-state index contributed by atoms with van der Waals surface area (Å²) in [6.07, 6.45) is -2.27. The Morgan fingerprint density at radius 3 is 2.73 bits per heavy atom. The van der Waals surface area contributed by atoms with Gasteiger partial charge >= 0.3 is 0 Å². The first-order valence-corrected chi connectivity index (χ1v) is 4.15. The van der Waals surface area contributed by atoms with Crippen LogP contribution >= 0.6 is 0 Å². The van der Waals surface area contributed by atoms with E-state index in [1.165, 1.54) is 7.11 Å². The molecule has 0 aliphatic rings. The third kappa shape index (κ3) is 2.27. The van der Waals surface area contributed by atoms with Crippen molar-refractivity contribution >= 4 is 6.29 Å². The summed E-state index contributed by atoms with van der Waals surface area (Å²) in [6.45, 7) is -0.169. The van der Waals surface area contributed by atoms with Gasteiger partial charge in [-0.3, -0.25) is 4.79 Å². The van der Waals surface area contributed by atoms with E-state index in [1.807, 2.05) is 0 Å². The summed E-state index contributed by atoms with van der Waals surface area (Å²) in [6, 6.07) is 1.16. The van der Waals surface area contributed by atoms with Crippen molar-refractivity contribution in [3.8, 4) is 5.75 Å². The number of nitrogens with two attached hydrogens (primary N) is 1. The van der Waals surface area contributed by atoms with Crippen molar-refractivity contribution in [3.05, 3.63) is 23.0 Å². The molecule has 0 atom stereocenters. The van der Waals surface area contributed by atoms with Crippen LogP contribution in [0.15, 0.2) is 6.07 Å². The molecule has 0 fully saturated rings. The van der Waals surface area contributed by atoms with Gasteiger partial charge in [0, 0.05) is 12.6 Å². The zero-order valence-electron chi connectivity index (χ0n) is 8.04. The Kier molecular flexibility index (Phi) is 3.68. The van der Waals surface area contributed by atoms with Crippen molar-refractivity contribution in [2.45, 2.75) is 13.0 Å². The standard InChI is InChI=1S/C9H10F2N2O2/c1-15-7-2-5(4-14)13-6(3-12)8(7)9(10)11/h2,4,9H,3,12H2,1H3. The number of rotatable bonds is 4. The molecule has 0 unspecified atom stereocenters. The molecule has 6 heteroatoms. The number of halogens is 2. The number of hydrogen-bond donors (Lipinski definition) is 1. The van der Waals surface area contributed by atoms with Crippen molar-refractivity contribution in [2.24, 2.45) is 5.73 Å². The summed E-state index contributed by atoms with van der Waals surface area (Å²) < 4.78 is 30.0. The molecule has 0 saturated carbocycles. The molecule has 0 aliphatic heterocycles. The summed E-state index contributed by atoms with van der Waals surface area (Å²) in [7, 11) is 1.25. The number of methoxy groups -OCH3 is 1. The van der Waals surface area contributed by atoms with Crippen LogP contribution in [-0.4, -0.2) is 18.4 Å². The molecule has 1 aromatic heterocycles. The minimum Gasteiger partial charge on any atom is -0.496 e. The number of ether oxygens (including phenoxy) is 1. The summed E-state index contributed by atoms with van der Waals surface area (Å²) in [5.41, 5.74) is 4.92. The SMILES string of the molecule is COc1cc(C=O)nc(CN)c1C(F)F. The number of aldehydes is 1. The number of nitrogens with zero attached hydrogens (tertiary/aromatic N) is 1. The number of alkyl halides is 2. The Balaban J connectivity index is 3.39. The van der Waals surface area contributed by atoms with Gasteiger partial charge in [-0.2, -0.15) is 0 Å². The quantitative estimate of drug-likeness (QED) is 0.770. The third-order valence-electron chi connectivity index (χ3n) is 1.87. The first-order valence-electron chi connectivity index (χ1n) is 4.15. The van der Waals surface area contributed by atoms with E-state index in [2.05, 4.69) is 4.98 Å². The van der Waals surface area contributed by atoms with Crippen LogP contribution in [0, 0.1) is 0 Å². The van der Waals surface area contributed by atoms with Crippen LogP contribution in [-0.2, 0) is 6.54 Å². The monoisotopic (exact) mass is 216 g/mol. The first kappa shape index (κ1) is 11.5. The second kappa shape index (κ2) is 4.79. The van der Waals surface area contributed by atoms with E-state index in [-0.39, 0.29) is 29.2 Å². The van der Waals surface area contributed by atoms with Crippen molar-refractivity contribution < 1.29 is 18.3 Å². The molecule has 1 rings (SSSR count). The van der Waals surface area contributed by atoms with E-state index in [0.717, 1.165) is 6.07 Å². The zero-order valence-corrected chi connectivity index (χ0v) is 8.04. The maximum absolute atomic E-state index is 12.6. The molecule has 0 amide bonds. The van der Waals surface area contributed by atoms with Gasteiger partial charge in [-0.25, -0.2) is 13.8 Å². The fraction of sp³-hybridized carbons (Fsp3) is 0.333. The minimum atomic E-state index is -2.73. The number of hydrogen-bond acceptors (Lipinski definition) is 4. The van der Waals surface area contributed by atoms with Crippen molar-refractivity contribution in [1.29, 1.82) is 0 Å². The highest BCUT2D eigenvalue weighted by molar-refractivity contribution is 5.73. The van der Waals surface area contributed by atoms with E-state index in [9.17, 15) is 13.6 Å². The average molecular weight is 216 g/mol. The Morgan fingerprint density at radius 2 is 2.33 bits per heavy atom. The van der Waals surface area contributed by atoms with Gasteiger partial charge in [0.25, 0.3) is 6.43 Å². The molecule has 0 radical (unpaired) electrons. The molecule has 2 N–H and O–H groups in total. The third-order valence-corrected chi connectivity index (χ3v) is 1.87. The first-order chi connectivity index (χ1) is 7.13. The number of carbonyl (C=O) groups excluding carboxylic acids is 1. The summed E-state index contributed by atoms with van der Waals surface area (Å²) in [4.78, 5) is 14.2. The second-order valence-electron chi connectivity index (χ2n) is 2.73. The highest BCUT2D eigenvalue weighted by atomic mass is 19.3. The van der Waals surface area contributed by atoms with Gasteiger partial charge in [-0.05, 0) is 0 Å². The Bertz CT molecular complexity index is 344. The van der Waals surface area contributed by atoms with Gasteiger partial charge in [-0.1, -0.05) is 0 Å². The van der Waals surface area contributed by atoms with Crippen molar-refractivity contribution in [2.75, 3.05) is 7.11 Å². The smallest absolute Gasteiger partial charge is 0.269 e. The highest BCUT2D eigenvalue weighted by Gasteiger charge is 2.20. The van der Waals surface area contributed by atoms with Gasteiger partial charge in [0.15, 0.2) is 6.29 Å². The van der Waals surface area contributed by atoms with E-state index in [0.29, 0.717) is 6.29 Å². The minimum absolute atomic E-state index is 0.0218. The Morgan fingerprint density at radius 1 is 1.67 bits per heavy atom. The lowest BCUT2D eigenvalue weighted by molar-refractivity contribution is 0.111. The zero-order chi connectivity index (χ0) is 11.4. The molecule has 0 spiro atoms. The number of aromatic nitrogens is 1. The number of carbonyl (C=O) groups is 1. The Hall–Kier alpha value is -1.56. The van der Waals surface area contributed by atoms with Crippen LogP contribution in [0.3, 0.4) is 0 Å². The van der Waals surface area contributed by atoms with Crippen LogP contribution in [0.1, 0.15) is 28.2 Å². The number of pyridine rings is 1. The molecular formula is C9H10F2N2O2. The topological polar surface area (TPSA) is 65.2 Å². The average Bonchev–Trinajstić information content (AvgIpc) is 2.26. The van der Waals surface area contributed by atoms with E-state index >= 15 is 0 Å². The van der Waals surface area contributed by atoms with Gasteiger partial charge in [0.2, 0.25) is 0 Å². The Labute approximate surface area is 85.1 Å².